The van der Waals surface area contributed by atoms with Crippen LogP contribution in [0.2, 0.25) is 0 Å². The number of benzene rings is 1. The average Bonchev–Trinajstić information content (AvgIpc) is 3.72. The maximum absolute atomic E-state index is 12.9. The molecule has 0 radical (unpaired) electrons. The van der Waals surface area contributed by atoms with Gasteiger partial charge in [-0.25, -0.2) is 8.42 Å². The molecule has 9 heteroatoms. The number of aromatic amines is 1. The largest absolute Gasteiger partial charge is 0.376 e. The molecule has 2 aromatic rings. The van der Waals surface area contributed by atoms with E-state index in [2.05, 4.69) is 21.4 Å². The van der Waals surface area contributed by atoms with Gasteiger partial charge in [0.1, 0.15) is 5.72 Å². The Morgan fingerprint density at radius 2 is 1.78 bits per heavy atom. The SMILES string of the molecule is C=Cc1ccc(-c2[nH]c(C)ccc(N(C)S(=O)(=O)C3CC3)cnc2CN2CCN(C(C)(C)O)CC2)cc1. The minimum atomic E-state index is -3.40. The van der Waals surface area contributed by atoms with Crippen LogP contribution < -0.4 is 4.31 Å². The van der Waals surface area contributed by atoms with Gasteiger partial charge in [0.2, 0.25) is 10.0 Å². The summed E-state index contributed by atoms with van der Waals surface area (Å²) in [6, 6.07) is 11.8. The molecule has 2 N–H and O–H groups in total. The number of hydrogen-bond donors (Lipinski definition) is 2. The molecular weight excluding hydrogens is 486 g/mol. The zero-order valence-corrected chi connectivity index (χ0v) is 23.1. The number of rotatable bonds is 8. The summed E-state index contributed by atoms with van der Waals surface area (Å²) in [6.45, 7) is 13.1. The first-order chi connectivity index (χ1) is 17.5. The van der Waals surface area contributed by atoms with Crippen molar-refractivity contribution in [1.29, 1.82) is 0 Å². The van der Waals surface area contributed by atoms with Crippen LogP contribution in [0.5, 0.6) is 0 Å². The van der Waals surface area contributed by atoms with Gasteiger partial charge < -0.3 is 10.1 Å². The molecular formula is C28H39N5O3S. The van der Waals surface area contributed by atoms with Gasteiger partial charge in [-0.2, -0.15) is 0 Å². The van der Waals surface area contributed by atoms with Gasteiger partial charge in [-0.1, -0.05) is 36.9 Å². The van der Waals surface area contributed by atoms with Crippen molar-refractivity contribution in [3.8, 4) is 11.3 Å². The van der Waals surface area contributed by atoms with Crippen LogP contribution in [0.4, 0.5) is 5.69 Å². The van der Waals surface area contributed by atoms with Crippen LogP contribution in [0.1, 0.15) is 43.6 Å². The van der Waals surface area contributed by atoms with Crippen molar-refractivity contribution in [2.24, 2.45) is 0 Å². The van der Waals surface area contributed by atoms with Gasteiger partial charge in [0.15, 0.2) is 0 Å². The standard InChI is InChI=1S/C28H39N5O3S/c1-6-22-8-10-23(11-9-22)27-26(20-32-15-17-33(18-16-32)28(3,4)34)29-19-24(12-7-21(2)30-27)31(5)37(35,36)25-13-14-25/h6-12,19,25,30,34H,1,13-18,20H2,2-5H3. The van der Waals surface area contributed by atoms with Gasteiger partial charge in [-0.15, -0.1) is 0 Å². The molecule has 2 aliphatic rings. The van der Waals surface area contributed by atoms with Crippen molar-refractivity contribution in [1.82, 2.24) is 19.8 Å². The summed E-state index contributed by atoms with van der Waals surface area (Å²) in [4.78, 5) is 12.8. The smallest absolute Gasteiger partial charge is 0.237 e. The van der Waals surface area contributed by atoms with Crippen LogP contribution in [0, 0.1) is 6.92 Å². The number of sulfonamides is 1. The van der Waals surface area contributed by atoms with Crippen LogP contribution >= 0.6 is 0 Å². The summed E-state index contributed by atoms with van der Waals surface area (Å²) in [5, 5.41) is 10.1. The molecule has 8 nitrogen and oxygen atoms in total. The Morgan fingerprint density at radius 3 is 2.35 bits per heavy atom. The molecule has 1 saturated heterocycles. The topological polar surface area (TPSA) is 92.8 Å². The Labute approximate surface area is 221 Å². The summed E-state index contributed by atoms with van der Waals surface area (Å²) in [5.41, 5.74) is 4.29. The van der Waals surface area contributed by atoms with Crippen molar-refractivity contribution in [2.75, 3.05) is 37.5 Å². The van der Waals surface area contributed by atoms with E-state index in [1.807, 2.05) is 57.2 Å². The zero-order chi connectivity index (χ0) is 26.8. The molecule has 4 rings (SSSR count). The fourth-order valence-electron chi connectivity index (χ4n) is 4.51. The summed E-state index contributed by atoms with van der Waals surface area (Å²) in [7, 11) is -1.80. The number of aromatic nitrogens is 2. The monoisotopic (exact) mass is 525 g/mol. The van der Waals surface area contributed by atoms with E-state index in [0.717, 1.165) is 54.4 Å². The lowest BCUT2D eigenvalue weighted by atomic mass is 10.1. The minimum absolute atomic E-state index is 0.302. The van der Waals surface area contributed by atoms with Crippen LogP contribution in [-0.2, 0) is 16.6 Å². The Kier molecular flexibility index (Phi) is 8.08. The van der Waals surface area contributed by atoms with Crippen LogP contribution in [0.3, 0.4) is 0 Å². The highest BCUT2D eigenvalue weighted by atomic mass is 32.2. The van der Waals surface area contributed by atoms with Crippen molar-refractivity contribution >= 4 is 21.8 Å². The van der Waals surface area contributed by atoms with E-state index < -0.39 is 15.7 Å². The Morgan fingerprint density at radius 1 is 1.14 bits per heavy atom. The number of aryl methyl sites for hydroxylation is 1. The van der Waals surface area contributed by atoms with Gasteiger partial charge >= 0.3 is 0 Å². The fourth-order valence-corrected chi connectivity index (χ4v) is 6.09. The number of anilines is 1. The van der Waals surface area contributed by atoms with Crippen molar-refractivity contribution in [2.45, 2.75) is 51.1 Å². The number of aliphatic hydroxyl groups is 1. The van der Waals surface area contributed by atoms with E-state index >= 15 is 0 Å². The predicted octanol–water partition coefficient (Wildman–Crippen LogP) is 3.93. The molecule has 2 fully saturated rings. The lowest BCUT2D eigenvalue weighted by Crippen LogP contribution is -2.54. The molecule has 0 amide bonds. The highest BCUT2D eigenvalue weighted by Gasteiger charge is 2.38. The first-order valence-electron chi connectivity index (χ1n) is 12.8. The Hall–Kier alpha value is -2.72. The summed E-state index contributed by atoms with van der Waals surface area (Å²) in [5.74, 6) is 0. The van der Waals surface area contributed by atoms with E-state index in [4.69, 9.17) is 4.98 Å². The first-order valence-corrected chi connectivity index (χ1v) is 14.3. The number of piperazine rings is 1. The maximum atomic E-state index is 12.9. The second-order valence-corrected chi connectivity index (χ2v) is 12.7. The van der Waals surface area contributed by atoms with Gasteiger partial charge in [0.25, 0.3) is 0 Å². The second-order valence-electron chi connectivity index (χ2n) is 10.4. The quantitative estimate of drug-likeness (QED) is 0.543. The molecule has 0 spiro atoms. The van der Waals surface area contributed by atoms with Gasteiger partial charge in [-0.3, -0.25) is 19.1 Å². The molecule has 1 aromatic carbocycles. The van der Waals surface area contributed by atoms with Crippen LogP contribution in [0.25, 0.3) is 17.3 Å². The summed E-state index contributed by atoms with van der Waals surface area (Å²) < 4.78 is 27.3. The highest BCUT2D eigenvalue weighted by Crippen LogP contribution is 2.32. The Balaban J connectivity index is 1.76. The molecule has 1 aliphatic heterocycles. The number of hydrogen-bond acceptors (Lipinski definition) is 6. The third-order valence-corrected chi connectivity index (χ3v) is 9.40. The maximum Gasteiger partial charge on any atom is 0.237 e. The van der Waals surface area contributed by atoms with E-state index in [-0.39, 0.29) is 5.25 Å². The predicted molar refractivity (Wildman–Crippen MR) is 150 cm³/mol. The molecule has 0 unspecified atom stereocenters. The molecule has 0 bridgehead atoms. The van der Waals surface area contributed by atoms with E-state index in [9.17, 15) is 13.5 Å². The summed E-state index contributed by atoms with van der Waals surface area (Å²) in [6.07, 6.45) is 4.89. The van der Waals surface area contributed by atoms with Gasteiger partial charge in [0.05, 0.1) is 28.5 Å². The van der Waals surface area contributed by atoms with E-state index in [1.54, 1.807) is 19.3 Å². The zero-order valence-electron chi connectivity index (χ0n) is 22.3. The van der Waals surface area contributed by atoms with Crippen LogP contribution in [0.15, 0.2) is 49.2 Å². The third-order valence-electron chi connectivity index (χ3n) is 7.11. The lowest BCUT2D eigenvalue weighted by molar-refractivity contribution is -0.0969. The number of nitrogens with zero attached hydrogens (tertiary/aromatic N) is 4. The number of H-pyrrole nitrogens is 1. The average molecular weight is 526 g/mol. The third kappa shape index (κ3) is 6.59. The normalized spacial score (nSPS) is 17.3. The fraction of sp³-hybridized carbons (Fsp3) is 0.464. The first kappa shape index (κ1) is 27.3. The summed E-state index contributed by atoms with van der Waals surface area (Å²) >= 11 is 0. The van der Waals surface area contributed by atoms with E-state index in [1.165, 1.54) is 4.31 Å². The second kappa shape index (κ2) is 10.9. The van der Waals surface area contributed by atoms with Crippen molar-refractivity contribution in [3.05, 3.63) is 66.1 Å². The molecule has 0 atom stereocenters. The number of nitrogens with one attached hydrogen (secondary N) is 1. The molecule has 2 heterocycles. The molecule has 200 valence electrons. The van der Waals surface area contributed by atoms with Crippen molar-refractivity contribution < 1.29 is 13.5 Å². The highest BCUT2D eigenvalue weighted by molar-refractivity contribution is 7.93. The van der Waals surface area contributed by atoms with Crippen LogP contribution in [-0.4, -0.2) is 77.5 Å². The Bertz CT molecular complexity index is 1270. The lowest BCUT2D eigenvalue weighted by Gasteiger charge is -2.41. The molecule has 1 saturated carbocycles. The molecule has 1 aromatic heterocycles. The minimum Gasteiger partial charge on any atom is -0.376 e. The molecule has 37 heavy (non-hydrogen) atoms. The van der Waals surface area contributed by atoms with E-state index in [0.29, 0.717) is 25.1 Å². The van der Waals surface area contributed by atoms with Crippen molar-refractivity contribution in [3.63, 3.8) is 0 Å². The van der Waals surface area contributed by atoms with Gasteiger partial charge in [0, 0.05) is 45.5 Å². The molecule has 1 aliphatic carbocycles. The van der Waals surface area contributed by atoms with Gasteiger partial charge in [-0.05, 0) is 56.9 Å².